The van der Waals surface area contributed by atoms with E-state index in [-0.39, 0.29) is 5.56 Å². The maximum absolute atomic E-state index is 11.6. The summed E-state index contributed by atoms with van der Waals surface area (Å²) in [5.74, 6) is 0. The predicted octanol–water partition coefficient (Wildman–Crippen LogP) is 2.20. The van der Waals surface area contributed by atoms with E-state index < -0.39 is 0 Å². The molecule has 0 aliphatic carbocycles. The third kappa shape index (κ3) is 4.17. The van der Waals surface area contributed by atoms with Crippen LogP contribution >= 0.6 is 0 Å². The van der Waals surface area contributed by atoms with Crippen LogP contribution in [-0.4, -0.2) is 35.3 Å². The first-order chi connectivity index (χ1) is 8.97. The van der Waals surface area contributed by atoms with Crippen LogP contribution in [0.15, 0.2) is 29.1 Å². The minimum Gasteiger partial charge on any atom is -0.309 e. The molecule has 0 atom stereocenters. The number of hydrogen-bond acceptors (Lipinski definition) is 3. The summed E-state index contributed by atoms with van der Waals surface area (Å²) in [6, 6.07) is 7.52. The summed E-state index contributed by atoms with van der Waals surface area (Å²) in [5.41, 5.74) is 0.846. The molecule has 0 N–H and O–H groups in total. The van der Waals surface area contributed by atoms with Gasteiger partial charge in [-0.3, -0.25) is 4.79 Å². The molecule has 0 fully saturated rings. The molecule has 0 radical (unpaired) electrons. The fourth-order valence-electron chi connectivity index (χ4n) is 1.93. The topological polar surface area (TPSA) is 38.1 Å². The van der Waals surface area contributed by atoms with E-state index in [4.69, 9.17) is 0 Å². The fraction of sp³-hybridized carbons (Fsp3) is 0.467. The summed E-state index contributed by atoms with van der Waals surface area (Å²) in [4.78, 5) is 13.8. The highest BCUT2D eigenvalue weighted by Crippen LogP contribution is 2.10. The van der Waals surface area contributed by atoms with Crippen molar-refractivity contribution in [2.75, 3.05) is 20.6 Å². The highest BCUT2D eigenvalue weighted by molar-refractivity contribution is 5.83. The first-order valence-electron chi connectivity index (χ1n) is 6.54. The van der Waals surface area contributed by atoms with E-state index in [2.05, 4.69) is 31.0 Å². The molecule has 1 aromatic heterocycles. The van der Waals surface area contributed by atoms with E-state index in [0.717, 1.165) is 16.5 Å². The van der Waals surface area contributed by atoms with Crippen LogP contribution < -0.4 is 5.56 Å². The zero-order valence-corrected chi connectivity index (χ0v) is 12.5. The van der Waals surface area contributed by atoms with Gasteiger partial charge in [-0.05, 0) is 40.1 Å². The fourth-order valence-corrected chi connectivity index (χ4v) is 1.93. The average Bonchev–Trinajstić information content (AvgIpc) is 2.37. The second-order valence-corrected chi connectivity index (χ2v) is 4.86. The van der Waals surface area contributed by atoms with Gasteiger partial charge in [0, 0.05) is 12.4 Å². The predicted molar refractivity (Wildman–Crippen MR) is 80.6 cm³/mol. The first kappa shape index (κ1) is 15.4. The molecule has 0 saturated carbocycles. The molecule has 0 unspecified atom stereocenters. The Hall–Kier alpha value is -1.68. The Kier molecular flexibility index (Phi) is 5.70. The van der Waals surface area contributed by atoms with Gasteiger partial charge in [0.05, 0.1) is 11.1 Å². The Labute approximate surface area is 114 Å². The highest BCUT2D eigenvalue weighted by atomic mass is 16.1. The molecular weight excluding hydrogens is 238 g/mol. The molecule has 0 aliphatic rings. The number of aryl methyl sites for hydroxylation is 2. The second kappa shape index (κ2) is 7.04. The summed E-state index contributed by atoms with van der Waals surface area (Å²) in [6.45, 7) is 5.29. The lowest BCUT2D eigenvalue weighted by Gasteiger charge is -2.03. The van der Waals surface area contributed by atoms with Crippen LogP contribution in [0.1, 0.15) is 19.0 Å². The summed E-state index contributed by atoms with van der Waals surface area (Å²) in [7, 11) is 5.84. The van der Waals surface area contributed by atoms with Crippen LogP contribution in [0.2, 0.25) is 0 Å². The second-order valence-electron chi connectivity index (χ2n) is 4.86. The summed E-state index contributed by atoms with van der Waals surface area (Å²) >= 11 is 0. The van der Waals surface area contributed by atoms with Crippen LogP contribution in [0.25, 0.3) is 10.8 Å². The van der Waals surface area contributed by atoms with Crippen molar-refractivity contribution in [3.63, 3.8) is 0 Å². The van der Waals surface area contributed by atoms with Gasteiger partial charge in [-0.15, -0.1) is 0 Å². The smallest absolute Gasteiger partial charge is 0.274 e. The monoisotopic (exact) mass is 261 g/mol. The zero-order chi connectivity index (χ0) is 14.4. The van der Waals surface area contributed by atoms with E-state index in [1.54, 1.807) is 7.05 Å². The van der Waals surface area contributed by atoms with Gasteiger partial charge in [-0.25, -0.2) is 4.68 Å². The third-order valence-electron chi connectivity index (χ3n) is 2.81. The minimum atomic E-state index is -0.0406. The number of rotatable bonds is 2. The van der Waals surface area contributed by atoms with E-state index in [9.17, 15) is 4.79 Å². The molecule has 0 saturated heterocycles. The average molecular weight is 261 g/mol. The highest BCUT2D eigenvalue weighted by Gasteiger charge is 2.03. The van der Waals surface area contributed by atoms with Gasteiger partial charge in [0.15, 0.2) is 0 Å². The number of nitrogens with zero attached hydrogens (tertiary/aromatic N) is 3. The van der Waals surface area contributed by atoms with E-state index >= 15 is 0 Å². The summed E-state index contributed by atoms with van der Waals surface area (Å²) in [5, 5.41) is 5.78. The van der Waals surface area contributed by atoms with Crippen LogP contribution in [0.3, 0.4) is 0 Å². The Morgan fingerprint density at radius 1 is 1.21 bits per heavy atom. The minimum absolute atomic E-state index is 0.0406. The van der Waals surface area contributed by atoms with Gasteiger partial charge in [0.2, 0.25) is 0 Å². The van der Waals surface area contributed by atoms with Crippen molar-refractivity contribution in [3.8, 4) is 0 Å². The number of aromatic nitrogens is 2. The van der Waals surface area contributed by atoms with Gasteiger partial charge >= 0.3 is 0 Å². The summed E-state index contributed by atoms with van der Waals surface area (Å²) in [6.07, 6.45) is 1.26. The van der Waals surface area contributed by atoms with Crippen LogP contribution in [0.5, 0.6) is 0 Å². The van der Waals surface area contributed by atoms with Crippen molar-refractivity contribution >= 4 is 10.8 Å². The molecule has 2 aromatic rings. The molecule has 1 aromatic carbocycles. The van der Waals surface area contributed by atoms with E-state index in [1.165, 1.54) is 17.6 Å². The molecular formula is C15H23N3O. The van der Waals surface area contributed by atoms with Crippen LogP contribution in [0, 0.1) is 6.92 Å². The third-order valence-corrected chi connectivity index (χ3v) is 2.81. The Balaban J connectivity index is 0.000000258. The molecule has 0 amide bonds. The SMILES string of the molecule is CCCN(C)C.Cc1nn(C)c(=O)c2ccccc12. The van der Waals surface area contributed by atoms with Crippen molar-refractivity contribution in [1.29, 1.82) is 0 Å². The lowest BCUT2D eigenvalue weighted by molar-refractivity contribution is 0.408. The molecule has 0 bridgehead atoms. The maximum atomic E-state index is 11.6. The van der Waals surface area contributed by atoms with E-state index in [0.29, 0.717) is 0 Å². The van der Waals surface area contributed by atoms with Gasteiger partial charge in [-0.1, -0.05) is 25.1 Å². The standard InChI is InChI=1S/C10H10N2O.C5H13N/c1-7-8-5-3-4-6-9(8)10(13)12(2)11-7;1-4-5-6(2)3/h3-6H,1-2H3;4-5H2,1-3H3. The zero-order valence-electron chi connectivity index (χ0n) is 12.5. The lowest BCUT2D eigenvalue weighted by Crippen LogP contribution is -2.20. The van der Waals surface area contributed by atoms with Crippen LogP contribution in [-0.2, 0) is 7.05 Å². The van der Waals surface area contributed by atoms with Crippen LogP contribution in [0.4, 0.5) is 0 Å². The molecule has 1 heterocycles. The number of hydrogen-bond donors (Lipinski definition) is 0. The van der Waals surface area contributed by atoms with Gasteiger partial charge in [0.25, 0.3) is 5.56 Å². The molecule has 0 spiro atoms. The Morgan fingerprint density at radius 3 is 2.26 bits per heavy atom. The largest absolute Gasteiger partial charge is 0.309 e. The Bertz CT molecular complexity index is 587. The van der Waals surface area contributed by atoms with Gasteiger partial charge in [-0.2, -0.15) is 5.10 Å². The quantitative estimate of drug-likeness (QED) is 0.832. The molecule has 2 rings (SSSR count). The molecule has 19 heavy (non-hydrogen) atoms. The molecule has 4 heteroatoms. The maximum Gasteiger partial charge on any atom is 0.274 e. The van der Waals surface area contributed by atoms with E-state index in [1.807, 2.05) is 31.2 Å². The number of fused-ring (bicyclic) bond motifs is 1. The van der Waals surface area contributed by atoms with Crippen molar-refractivity contribution in [3.05, 3.63) is 40.3 Å². The lowest BCUT2D eigenvalue weighted by atomic mass is 10.1. The normalized spacial score (nSPS) is 10.4. The van der Waals surface area contributed by atoms with Gasteiger partial charge < -0.3 is 4.90 Å². The van der Waals surface area contributed by atoms with Gasteiger partial charge in [0.1, 0.15) is 0 Å². The molecule has 4 nitrogen and oxygen atoms in total. The van der Waals surface area contributed by atoms with Crippen molar-refractivity contribution in [2.45, 2.75) is 20.3 Å². The summed E-state index contributed by atoms with van der Waals surface area (Å²) < 4.78 is 1.37. The Morgan fingerprint density at radius 2 is 1.79 bits per heavy atom. The van der Waals surface area contributed by atoms with Crippen molar-refractivity contribution < 1.29 is 0 Å². The van der Waals surface area contributed by atoms with Crippen molar-refractivity contribution in [1.82, 2.24) is 14.7 Å². The first-order valence-corrected chi connectivity index (χ1v) is 6.54. The molecule has 0 aliphatic heterocycles. The van der Waals surface area contributed by atoms with Crippen molar-refractivity contribution in [2.24, 2.45) is 7.05 Å². The molecule has 104 valence electrons. The number of benzene rings is 1.